The molecule has 1 aromatic carbocycles. The number of phenols is 1. The lowest BCUT2D eigenvalue weighted by molar-refractivity contribution is -0.127. The monoisotopic (exact) mass is 490 g/mol. The summed E-state index contributed by atoms with van der Waals surface area (Å²) in [4.78, 5) is 24.7. The van der Waals surface area contributed by atoms with Crippen molar-refractivity contribution in [2.75, 3.05) is 31.9 Å². The fourth-order valence-electron chi connectivity index (χ4n) is 5.02. The number of piperidine rings is 1. The first-order chi connectivity index (χ1) is 16.9. The molecule has 0 radical (unpaired) electrons. The molecule has 2 aliphatic rings. The Morgan fingerprint density at radius 1 is 1.29 bits per heavy atom. The smallest absolute Gasteiger partial charge is 0.245 e. The number of benzene rings is 1. The number of anilines is 1. The van der Waals surface area contributed by atoms with Crippen LogP contribution in [-0.2, 0) is 11.8 Å². The summed E-state index contributed by atoms with van der Waals surface area (Å²) in [6.07, 6.45) is 4.79. The number of carbonyl (C=O) groups is 1. The second kappa shape index (κ2) is 9.25. The number of nitrogen functional groups attached to an aromatic ring is 1. The van der Waals surface area contributed by atoms with Crippen LogP contribution in [-0.4, -0.2) is 67.6 Å². The van der Waals surface area contributed by atoms with Crippen molar-refractivity contribution in [2.45, 2.75) is 18.9 Å². The van der Waals surface area contributed by atoms with Crippen molar-refractivity contribution in [3.8, 4) is 28.7 Å². The van der Waals surface area contributed by atoms with Crippen LogP contribution in [0.2, 0.25) is 5.02 Å². The zero-order chi connectivity index (χ0) is 24.7. The van der Waals surface area contributed by atoms with E-state index in [-0.39, 0.29) is 22.6 Å². The van der Waals surface area contributed by atoms with Crippen LogP contribution in [0.5, 0.6) is 5.75 Å². The predicted octanol–water partition coefficient (Wildman–Crippen LogP) is 3.04. The van der Waals surface area contributed by atoms with E-state index in [9.17, 15) is 9.90 Å². The first-order valence-electron chi connectivity index (χ1n) is 11.6. The van der Waals surface area contributed by atoms with Gasteiger partial charge in [0.05, 0.1) is 10.4 Å². The SMILES string of the molecule is C=CC(=O)N1CCC(N2CC(C#Cc3c(-c4ccc(Cl)c(O)c4)c4c(N)ncnc4n3C)C2)CC1. The van der Waals surface area contributed by atoms with Crippen molar-refractivity contribution >= 4 is 34.4 Å². The molecule has 2 saturated heterocycles. The lowest BCUT2D eigenvalue weighted by atomic mass is 9.93. The number of carbonyl (C=O) groups excluding carboxylic acids is 1. The van der Waals surface area contributed by atoms with Gasteiger partial charge in [-0.05, 0) is 42.5 Å². The average Bonchev–Trinajstić information content (AvgIpc) is 3.12. The minimum Gasteiger partial charge on any atom is -0.506 e. The summed E-state index contributed by atoms with van der Waals surface area (Å²) in [7, 11) is 1.91. The maximum absolute atomic E-state index is 11.8. The summed E-state index contributed by atoms with van der Waals surface area (Å²) in [6, 6.07) is 5.59. The van der Waals surface area contributed by atoms with E-state index in [1.54, 1.807) is 12.1 Å². The molecule has 0 spiro atoms. The molecule has 0 aliphatic carbocycles. The summed E-state index contributed by atoms with van der Waals surface area (Å²) >= 11 is 6.04. The van der Waals surface area contributed by atoms with Crippen LogP contribution < -0.4 is 5.73 Å². The average molecular weight is 491 g/mol. The van der Waals surface area contributed by atoms with Gasteiger partial charge in [0, 0.05) is 50.7 Å². The number of aromatic nitrogens is 3. The van der Waals surface area contributed by atoms with Crippen molar-refractivity contribution in [1.82, 2.24) is 24.3 Å². The Morgan fingerprint density at radius 2 is 2.03 bits per heavy atom. The van der Waals surface area contributed by atoms with Gasteiger partial charge >= 0.3 is 0 Å². The third-order valence-corrected chi connectivity index (χ3v) is 7.32. The molecule has 0 atom stereocenters. The van der Waals surface area contributed by atoms with E-state index in [2.05, 4.69) is 33.3 Å². The third kappa shape index (κ3) is 4.22. The third-order valence-electron chi connectivity index (χ3n) is 7.00. The highest BCUT2D eigenvalue weighted by Gasteiger charge is 2.34. The van der Waals surface area contributed by atoms with Crippen molar-refractivity contribution in [3.63, 3.8) is 0 Å². The van der Waals surface area contributed by atoms with E-state index in [1.807, 2.05) is 22.6 Å². The Bertz CT molecular complexity index is 1370. The number of nitrogens with zero attached hydrogens (tertiary/aromatic N) is 5. The molecule has 35 heavy (non-hydrogen) atoms. The van der Waals surface area contributed by atoms with Gasteiger partial charge in [0.15, 0.2) is 0 Å². The van der Waals surface area contributed by atoms with Crippen LogP contribution in [0.15, 0.2) is 37.2 Å². The number of likely N-dealkylation sites (tertiary alicyclic amines) is 2. The number of aromatic hydroxyl groups is 1. The summed E-state index contributed by atoms with van der Waals surface area (Å²) in [5.41, 5.74) is 9.22. The molecule has 2 aliphatic heterocycles. The second-order valence-electron chi connectivity index (χ2n) is 9.09. The summed E-state index contributed by atoms with van der Waals surface area (Å²) in [5.74, 6) is 7.43. The number of nitrogens with two attached hydrogens (primary N) is 1. The maximum Gasteiger partial charge on any atom is 0.245 e. The molecule has 2 aromatic heterocycles. The van der Waals surface area contributed by atoms with Crippen LogP contribution in [0.1, 0.15) is 18.5 Å². The molecule has 180 valence electrons. The van der Waals surface area contributed by atoms with Gasteiger partial charge in [-0.25, -0.2) is 9.97 Å². The normalized spacial score (nSPS) is 17.1. The molecule has 0 bridgehead atoms. The molecular formula is C26H27ClN6O2. The van der Waals surface area contributed by atoms with E-state index < -0.39 is 0 Å². The van der Waals surface area contributed by atoms with Gasteiger partial charge in [0.1, 0.15) is 29.2 Å². The van der Waals surface area contributed by atoms with Crippen LogP contribution in [0.3, 0.4) is 0 Å². The molecule has 4 heterocycles. The molecule has 2 fully saturated rings. The summed E-state index contributed by atoms with van der Waals surface area (Å²) in [6.45, 7) is 6.96. The summed E-state index contributed by atoms with van der Waals surface area (Å²) < 4.78 is 1.92. The minimum atomic E-state index is -0.00836. The van der Waals surface area contributed by atoms with Gasteiger partial charge < -0.3 is 20.3 Å². The van der Waals surface area contributed by atoms with Crippen LogP contribution in [0.4, 0.5) is 5.82 Å². The topological polar surface area (TPSA) is 101 Å². The van der Waals surface area contributed by atoms with E-state index in [0.717, 1.165) is 55.8 Å². The van der Waals surface area contributed by atoms with E-state index >= 15 is 0 Å². The number of phenolic OH excluding ortho intramolecular Hbond substituents is 1. The number of hydrogen-bond acceptors (Lipinski definition) is 6. The Hall–Kier alpha value is -3.54. The molecule has 0 saturated carbocycles. The van der Waals surface area contributed by atoms with Gasteiger partial charge in [-0.3, -0.25) is 9.69 Å². The molecule has 5 rings (SSSR count). The van der Waals surface area contributed by atoms with Crippen LogP contribution in [0, 0.1) is 17.8 Å². The molecule has 3 aromatic rings. The summed E-state index contributed by atoms with van der Waals surface area (Å²) in [5, 5.41) is 11.2. The Kier molecular flexibility index (Phi) is 6.13. The lowest BCUT2D eigenvalue weighted by Crippen LogP contribution is -2.55. The molecule has 1 amide bonds. The quantitative estimate of drug-likeness (QED) is 0.432. The zero-order valence-electron chi connectivity index (χ0n) is 19.5. The highest BCUT2D eigenvalue weighted by atomic mass is 35.5. The fourth-order valence-corrected chi connectivity index (χ4v) is 5.14. The maximum atomic E-state index is 11.8. The first-order valence-corrected chi connectivity index (χ1v) is 12.0. The molecule has 3 N–H and O–H groups in total. The van der Waals surface area contributed by atoms with Gasteiger partial charge in [0.2, 0.25) is 5.91 Å². The van der Waals surface area contributed by atoms with Crippen molar-refractivity contribution in [2.24, 2.45) is 13.0 Å². The van der Waals surface area contributed by atoms with Gasteiger partial charge in [-0.2, -0.15) is 0 Å². The minimum absolute atomic E-state index is 0.00836. The number of fused-ring (bicyclic) bond motifs is 1. The second-order valence-corrected chi connectivity index (χ2v) is 9.49. The molecule has 0 unspecified atom stereocenters. The number of rotatable bonds is 3. The van der Waals surface area contributed by atoms with Crippen LogP contribution in [0.25, 0.3) is 22.2 Å². The molecule has 9 heteroatoms. The van der Waals surface area contributed by atoms with E-state index in [1.165, 1.54) is 12.4 Å². The highest BCUT2D eigenvalue weighted by molar-refractivity contribution is 6.32. The van der Waals surface area contributed by atoms with E-state index in [4.69, 9.17) is 17.3 Å². The van der Waals surface area contributed by atoms with Crippen molar-refractivity contribution < 1.29 is 9.90 Å². The number of amides is 1. The Labute approximate surface area is 209 Å². The van der Waals surface area contributed by atoms with E-state index in [0.29, 0.717) is 22.9 Å². The Morgan fingerprint density at radius 3 is 2.71 bits per heavy atom. The first kappa shape index (κ1) is 23.2. The highest BCUT2D eigenvalue weighted by Crippen LogP contribution is 2.38. The standard InChI is InChI=1S/C26H27ClN6O2/c1-3-22(35)32-10-8-18(9-11-32)33-13-16(14-33)4-7-20-23(17-5-6-19(27)21(34)12-17)24-25(28)29-15-30-26(24)31(20)2/h3,5-6,12,15-16,18,34H,1,8-11,13-14H2,2H3,(H2,28,29,30). The largest absolute Gasteiger partial charge is 0.506 e. The molecular weight excluding hydrogens is 464 g/mol. The van der Waals surface area contributed by atoms with Crippen LogP contribution >= 0.6 is 11.6 Å². The number of aryl methyl sites for hydroxylation is 1. The van der Waals surface area contributed by atoms with Gasteiger partial charge in [-0.1, -0.05) is 30.2 Å². The van der Waals surface area contributed by atoms with Crippen molar-refractivity contribution in [3.05, 3.63) is 47.9 Å². The van der Waals surface area contributed by atoms with Crippen molar-refractivity contribution in [1.29, 1.82) is 0 Å². The van der Waals surface area contributed by atoms with Gasteiger partial charge in [-0.15, -0.1) is 0 Å². The fraction of sp³-hybridized carbons (Fsp3) is 0.346. The number of hydrogen-bond donors (Lipinski definition) is 2. The Balaban J connectivity index is 1.38. The predicted molar refractivity (Wildman–Crippen MR) is 137 cm³/mol. The zero-order valence-corrected chi connectivity index (χ0v) is 20.3. The lowest BCUT2D eigenvalue weighted by Gasteiger charge is -2.45. The number of halogens is 1. The van der Waals surface area contributed by atoms with Gasteiger partial charge in [0.25, 0.3) is 0 Å². The molecule has 8 nitrogen and oxygen atoms in total.